The molecule has 2 atom stereocenters. The van der Waals surface area contributed by atoms with Crippen LogP contribution in [0.25, 0.3) is 10.9 Å². The predicted molar refractivity (Wildman–Crippen MR) is 56.4 cm³/mol. The molecule has 16 heavy (non-hydrogen) atoms. The van der Waals surface area contributed by atoms with Gasteiger partial charge in [0, 0.05) is 36.5 Å². The van der Waals surface area contributed by atoms with Crippen molar-refractivity contribution in [1.82, 2.24) is 4.98 Å². The molecule has 1 aromatic rings. The Hall–Kier alpha value is -0.926. The van der Waals surface area contributed by atoms with Gasteiger partial charge in [-0.25, -0.2) is 4.98 Å². The molecule has 2 aliphatic carbocycles. The first kappa shape index (κ1) is 10.2. The number of hydrogen-bond acceptors (Lipinski definition) is 2. The van der Waals surface area contributed by atoms with E-state index in [-0.39, 0.29) is 24.0 Å². The van der Waals surface area contributed by atoms with E-state index in [9.17, 15) is 0 Å². The van der Waals surface area contributed by atoms with Crippen molar-refractivity contribution in [2.45, 2.75) is 18.8 Å². The van der Waals surface area contributed by atoms with Crippen LogP contribution in [0.2, 0.25) is 0 Å². The maximum absolute atomic E-state index is 5.62. The molecule has 2 unspecified atom stereocenters. The van der Waals surface area contributed by atoms with Gasteiger partial charge in [-0.2, -0.15) is 0 Å². The second kappa shape index (κ2) is 2.85. The summed E-state index contributed by atoms with van der Waals surface area (Å²) in [6, 6.07) is 0. The van der Waals surface area contributed by atoms with Crippen LogP contribution in [0.1, 0.15) is 23.8 Å². The molecule has 0 N–H and O–H groups in total. The molecule has 0 amide bonds. The molecule has 1 spiro atoms. The quantitative estimate of drug-likeness (QED) is 0.709. The second-order valence-corrected chi connectivity index (χ2v) is 4.68. The molecule has 0 bridgehead atoms. The Morgan fingerprint density at radius 2 is 2.44 bits per heavy atom. The fraction of sp³-hybridized carbons (Fsp3) is 0.417. The van der Waals surface area contributed by atoms with Gasteiger partial charge in [-0.3, -0.25) is 0 Å². The molecular formula is C12H11N2OV-. The Bertz CT molecular complexity index is 531. The summed E-state index contributed by atoms with van der Waals surface area (Å²) in [5.74, 6) is 2.29. The fourth-order valence-electron chi connectivity index (χ4n) is 2.98. The average molecular weight is 250 g/mol. The molecule has 81 valence electrons. The minimum Gasteiger partial charge on any atom is -0.687 e. The number of piperidine rings is 1. The molecule has 1 aliphatic heterocycles. The van der Waals surface area contributed by atoms with E-state index >= 15 is 0 Å². The van der Waals surface area contributed by atoms with Gasteiger partial charge in [0.1, 0.15) is 0 Å². The van der Waals surface area contributed by atoms with Crippen molar-refractivity contribution in [3.63, 3.8) is 0 Å². The van der Waals surface area contributed by atoms with Crippen LogP contribution < -0.4 is 0 Å². The summed E-state index contributed by atoms with van der Waals surface area (Å²) in [5.41, 5.74) is 3.31. The number of aryl methyl sites for hydroxylation is 1. The fourth-order valence-corrected chi connectivity index (χ4v) is 2.98. The normalized spacial score (nSPS) is 32.9. The van der Waals surface area contributed by atoms with E-state index in [1.165, 1.54) is 12.1 Å². The van der Waals surface area contributed by atoms with Crippen molar-refractivity contribution in [3.8, 4) is 0 Å². The monoisotopic (exact) mass is 250 g/mol. The summed E-state index contributed by atoms with van der Waals surface area (Å²) >= 11 is 0. The van der Waals surface area contributed by atoms with Gasteiger partial charge < -0.3 is 9.73 Å². The van der Waals surface area contributed by atoms with Crippen LogP contribution in [0.15, 0.2) is 22.8 Å². The third-order valence-electron chi connectivity index (χ3n) is 3.80. The zero-order valence-electron chi connectivity index (χ0n) is 9.03. The van der Waals surface area contributed by atoms with Gasteiger partial charge in [0.2, 0.25) is 0 Å². The van der Waals surface area contributed by atoms with E-state index in [0.717, 1.165) is 29.5 Å². The van der Waals surface area contributed by atoms with Gasteiger partial charge in [0.25, 0.3) is 0 Å². The van der Waals surface area contributed by atoms with E-state index < -0.39 is 0 Å². The molecule has 4 heteroatoms. The largest absolute Gasteiger partial charge is 0.687 e. The molecule has 2 heterocycles. The first-order valence-corrected chi connectivity index (χ1v) is 5.28. The first-order valence-electron chi connectivity index (χ1n) is 5.28. The van der Waals surface area contributed by atoms with Crippen LogP contribution >= 0.6 is 0 Å². The minimum absolute atomic E-state index is 0. The van der Waals surface area contributed by atoms with Crippen LogP contribution in [-0.2, 0) is 24.0 Å². The van der Waals surface area contributed by atoms with Crippen LogP contribution in [0.4, 0.5) is 0 Å². The first-order chi connectivity index (χ1) is 7.22. The van der Waals surface area contributed by atoms with Crippen LogP contribution in [0.5, 0.6) is 0 Å². The number of oxazole rings is 1. The third-order valence-corrected chi connectivity index (χ3v) is 3.80. The van der Waals surface area contributed by atoms with Crippen LogP contribution in [-0.4, -0.2) is 11.5 Å². The molecule has 4 rings (SSSR count). The number of fused-ring (bicyclic) bond motifs is 1. The Morgan fingerprint density at radius 3 is 3.19 bits per heavy atom. The van der Waals surface area contributed by atoms with Crippen LogP contribution in [0.3, 0.4) is 0 Å². The topological polar surface area (TPSA) is 40.1 Å². The molecule has 2 fully saturated rings. The van der Waals surface area contributed by atoms with Gasteiger partial charge in [0.15, 0.2) is 11.7 Å². The smallest absolute Gasteiger partial charge is 0.192 e. The molecular weight excluding hydrogens is 239 g/mol. The number of aromatic nitrogens is 1. The van der Waals surface area contributed by atoms with Gasteiger partial charge in [-0.05, 0) is 12.3 Å². The van der Waals surface area contributed by atoms with E-state index in [0.29, 0.717) is 5.92 Å². The summed E-state index contributed by atoms with van der Waals surface area (Å²) in [6.07, 6.45) is 3.26. The minimum atomic E-state index is 0. The Morgan fingerprint density at radius 1 is 1.62 bits per heavy atom. The summed E-state index contributed by atoms with van der Waals surface area (Å²) in [6.45, 7) is 6.85. The van der Waals surface area contributed by atoms with Crippen molar-refractivity contribution >= 4 is 5.57 Å². The second-order valence-electron chi connectivity index (χ2n) is 4.68. The SMILES string of the molecule is C=C1C=C2[N-]CC3CC23c2nc(C)oc21.[V]. The Kier molecular flexibility index (Phi) is 1.82. The molecule has 1 saturated heterocycles. The number of hydrogen-bond donors (Lipinski definition) is 0. The van der Waals surface area contributed by atoms with Crippen molar-refractivity contribution in [2.75, 3.05) is 6.54 Å². The average Bonchev–Trinajstić information content (AvgIpc) is 2.59. The van der Waals surface area contributed by atoms with E-state index in [1.807, 2.05) is 6.92 Å². The van der Waals surface area contributed by atoms with E-state index in [2.05, 4.69) is 23.0 Å². The summed E-state index contributed by atoms with van der Waals surface area (Å²) < 4.78 is 5.62. The number of nitrogens with zero attached hydrogens (tertiary/aromatic N) is 2. The summed E-state index contributed by atoms with van der Waals surface area (Å²) in [7, 11) is 0. The molecule has 1 aromatic heterocycles. The Labute approximate surface area is 106 Å². The third kappa shape index (κ3) is 0.938. The summed E-state index contributed by atoms with van der Waals surface area (Å²) in [5, 5.41) is 4.56. The van der Waals surface area contributed by atoms with E-state index in [4.69, 9.17) is 4.42 Å². The van der Waals surface area contributed by atoms with Gasteiger partial charge in [-0.15, -0.1) is 12.2 Å². The van der Waals surface area contributed by atoms with Gasteiger partial charge >= 0.3 is 0 Å². The number of rotatable bonds is 0. The predicted octanol–water partition coefficient (Wildman–Crippen LogP) is 2.54. The zero-order valence-corrected chi connectivity index (χ0v) is 10.4. The standard InChI is InChI=1S/C12H11N2O.V/c1-6-3-9-12(4-8(12)5-13-9)11-10(6)15-7(2)14-11;/h3,8H,1,4-5H2,2H3;/q-1;. The van der Waals surface area contributed by atoms with Crippen molar-refractivity contribution in [3.05, 3.63) is 41.0 Å². The van der Waals surface area contributed by atoms with Crippen molar-refractivity contribution < 1.29 is 23.0 Å². The summed E-state index contributed by atoms with van der Waals surface area (Å²) in [4.78, 5) is 4.53. The maximum Gasteiger partial charge on any atom is 0.192 e. The number of allylic oxidation sites excluding steroid dienone is 3. The molecule has 0 aromatic carbocycles. The molecule has 3 nitrogen and oxygen atoms in total. The van der Waals surface area contributed by atoms with Gasteiger partial charge in [-0.1, -0.05) is 12.7 Å². The van der Waals surface area contributed by atoms with Crippen molar-refractivity contribution in [1.29, 1.82) is 0 Å². The van der Waals surface area contributed by atoms with Crippen molar-refractivity contribution in [2.24, 2.45) is 5.92 Å². The molecule has 1 radical (unpaired) electrons. The van der Waals surface area contributed by atoms with Crippen LogP contribution in [0, 0.1) is 12.8 Å². The maximum atomic E-state index is 5.62. The van der Waals surface area contributed by atoms with E-state index in [1.54, 1.807) is 0 Å². The molecule has 1 saturated carbocycles. The van der Waals surface area contributed by atoms with Gasteiger partial charge in [0.05, 0.1) is 5.69 Å². The zero-order chi connectivity index (χ0) is 10.2. The molecule has 3 aliphatic rings. The Balaban J connectivity index is 0.000000810.